The molecule has 98 valence electrons. The number of rotatable bonds is 4. The van der Waals surface area contributed by atoms with Crippen molar-refractivity contribution in [3.05, 3.63) is 47.4 Å². The molecule has 0 saturated heterocycles. The summed E-state index contributed by atoms with van der Waals surface area (Å²) in [6, 6.07) is 7.48. The van der Waals surface area contributed by atoms with Gasteiger partial charge in [-0.25, -0.2) is 14.8 Å². The largest absolute Gasteiger partial charge is 0.496 e. The summed E-state index contributed by atoms with van der Waals surface area (Å²) in [4.78, 5) is 18.8. The summed E-state index contributed by atoms with van der Waals surface area (Å²) in [6.45, 7) is 0. The molecule has 0 unspecified atom stereocenters. The van der Waals surface area contributed by atoms with Crippen LogP contribution in [-0.2, 0) is 6.42 Å². The van der Waals surface area contributed by atoms with Gasteiger partial charge in [0.2, 0.25) is 0 Å². The van der Waals surface area contributed by atoms with Crippen molar-refractivity contribution in [2.75, 3.05) is 12.8 Å². The van der Waals surface area contributed by atoms with Gasteiger partial charge in [0.25, 0.3) is 0 Å². The average Bonchev–Trinajstić information content (AvgIpc) is 2.39. The van der Waals surface area contributed by atoms with Gasteiger partial charge in [-0.15, -0.1) is 0 Å². The number of hydrogen-bond acceptors (Lipinski definition) is 5. The summed E-state index contributed by atoms with van der Waals surface area (Å²) in [6.07, 6.45) is 1.64. The predicted molar refractivity (Wildman–Crippen MR) is 69.2 cm³/mol. The number of para-hydroxylation sites is 1. The maximum absolute atomic E-state index is 10.8. The first-order valence-corrected chi connectivity index (χ1v) is 5.58. The highest BCUT2D eigenvalue weighted by Crippen LogP contribution is 2.20. The number of hydrogen-bond donors (Lipinski definition) is 2. The van der Waals surface area contributed by atoms with E-state index < -0.39 is 5.97 Å². The van der Waals surface area contributed by atoms with Gasteiger partial charge in [0.15, 0.2) is 0 Å². The maximum Gasteiger partial charge on any atom is 0.341 e. The number of anilines is 1. The highest BCUT2D eigenvalue weighted by atomic mass is 16.5. The molecule has 3 N–H and O–H groups in total. The molecular weight excluding hydrogens is 246 g/mol. The van der Waals surface area contributed by atoms with Crippen molar-refractivity contribution in [1.29, 1.82) is 0 Å². The van der Waals surface area contributed by atoms with Crippen LogP contribution in [0.2, 0.25) is 0 Å². The second-order valence-corrected chi connectivity index (χ2v) is 3.88. The molecule has 2 rings (SSSR count). The fourth-order valence-corrected chi connectivity index (χ4v) is 1.70. The molecule has 1 aromatic carbocycles. The minimum Gasteiger partial charge on any atom is -0.496 e. The molecule has 0 atom stereocenters. The van der Waals surface area contributed by atoms with E-state index in [9.17, 15) is 4.79 Å². The zero-order valence-electron chi connectivity index (χ0n) is 10.3. The number of carbonyl (C=O) groups is 1. The maximum atomic E-state index is 10.8. The van der Waals surface area contributed by atoms with Crippen LogP contribution in [0.15, 0.2) is 30.5 Å². The van der Waals surface area contributed by atoms with Crippen molar-refractivity contribution >= 4 is 11.8 Å². The number of nitrogens with zero attached hydrogens (tertiary/aromatic N) is 2. The van der Waals surface area contributed by atoms with Crippen molar-refractivity contribution in [3.63, 3.8) is 0 Å². The summed E-state index contributed by atoms with van der Waals surface area (Å²) in [5.41, 5.74) is 6.40. The zero-order chi connectivity index (χ0) is 13.8. The molecule has 0 spiro atoms. The van der Waals surface area contributed by atoms with Gasteiger partial charge >= 0.3 is 5.97 Å². The Morgan fingerprint density at radius 1 is 1.42 bits per heavy atom. The SMILES string of the molecule is COc1ccccc1Cc1ncc(C(=O)O)c(N)n1. The number of benzene rings is 1. The number of aromatic carboxylic acids is 1. The van der Waals surface area contributed by atoms with E-state index in [2.05, 4.69) is 9.97 Å². The Morgan fingerprint density at radius 2 is 2.16 bits per heavy atom. The molecule has 0 radical (unpaired) electrons. The normalized spacial score (nSPS) is 10.2. The molecule has 19 heavy (non-hydrogen) atoms. The van der Waals surface area contributed by atoms with Crippen molar-refractivity contribution in [3.8, 4) is 5.75 Å². The average molecular weight is 259 g/mol. The summed E-state index contributed by atoms with van der Waals surface area (Å²) in [7, 11) is 1.58. The second kappa shape index (κ2) is 5.34. The van der Waals surface area contributed by atoms with Crippen LogP contribution in [0.1, 0.15) is 21.7 Å². The first-order chi connectivity index (χ1) is 9.11. The quantitative estimate of drug-likeness (QED) is 0.860. The minimum atomic E-state index is -1.14. The topological polar surface area (TPSA) is 98.3 Å². The Hall–Kier alpha value is -2.63. The standard InChI is InChI=1S/C13H13N3O3/c1-19-10-5-3-2-4-8(10)6-11-15-7-9(13(17)18)12(14)16-11/h2-5,7H,6H2,1H3,(H,17,18)(H2,14,15,16). The molecule has 1 aromatic heterocycles. The highest BCUT2D eigenvalue weighted by Gasteiger charge is 2.12. The van der Waals surface area contributed by atoms with E-state index in [0.29, 0.717) is 12.2 Å². The van der Waals surface area contributed by atoms with Gasteiger partial charge in [-0.2, -0.15) is 0 Å². The van der Waals surface area contributed by atoms with Gasteiger partial charge in [-0.3, -0.25) is 0 Å². The summed E-state index contributed by atoms with van der Waals surface area (Å²) in [5, 5.41) is 8.85. The molecule has 1 heterocycles. The first-order valence-electron chi connectivity index (χ1n) is 5.58. The van der Waals surface area contributed by atoms with Crippen LogP contribution in [0.3, 0.4) is 0 Å². The Balaban J connectivity index is 2.29. The number of methoxy groups -OCH3 is 1. The molecule has 0 amide bonds. The van der Waals surface area contributed by atoms with Gasteiger partial charge in [0.05, 0.1) is 7.11 Å². The van der Waals surface area contributed by atoms with Crippen LogP contribution in [0.25, 0.3) is 0 Å². The zero-order valence-corrected chi connectivity index (χ0v) is 10.3. The van der Waals surface area contributed by atoms with E-state index in [1.54, 1.807) is 7.11 Å². The van der Waals surface area contributed by atoms with Crippen molar-refractivity contribution in [2.45, 2.75) is 6.42 Å². The molecule has 0 aliphatic rings. The lowest BCUT2D eigenvalue weighted by Gasteiger charge is -2.08. The fourth-order valence-electron chi connectivity index (χ4n) is 1.70. The van der Waals surface area contributed by atoms with Crippen LogP contribution in [0.4, 0.5) is 5.82 Å². The van der Waals surface area contributed by atoms with Gasteiger partial charge in [0, 0.05) is 18.2 Å². The lowest BCUT2D eigenvalue weighted by atomic mass is 10.1. The summed E-state index contributed by atoms with van der Waals surface area (Å²) in [5.74, 6) is 0.00715. The molecule has 0 aliphatic carbocycles. The lowest BCUT2D eigenvalue weighted by molar-refractivity contribution is 0.0697. The third-order valence-electron chi connectivity index (χ3n) is 2.64. The Morgan fingerprint density at radius 3 is 2.79 bits per heavy atom. The molecule has 0 saturated carbocycles. The van der Waals surface area contributed by atoms with Gasteiger partial charge in [-0.1, -0.05) is 18.2 Å². The molecule has 0 aliphatic heterocycles. The van der Waals surface area contributed by atoms with Gasteiger partial charge < -0.3 is 15.6 Å². The van der Waals surface area contributed by atoms with E-state index in [1.807, 2.05) is 24.3 Å². The monoisotopic (exact) mass is 259 g/mol. The number of aromatic nitrogens is 2. The summed E-state index contributed by atoms with van der Waals surface area (Å²) < 4.78 is 5.23. The van der Waals surface area contributed by atoms with E-state index in [-0.39, 0.29) is 11.4 Å². The molecular formula is C13H13N3O3. The van der Waals surface area contributed by atoms with E-state index in [1.165, 1.54) is 6.20 Å². The second-order valence-electron chi connectivity index (χ2n) is 3.88. The third kappa shape index (κ3) is 2.79. The number of nitrogen functional groups attached to an aromatic ring is 1. The third-order valence-corrected chi connectivity index (χ3v) is 2.64. The number of carboxylic acid groups (broad SMARTS) is 1. The van der Waals surface area contributed by atoms with Crippen LogP contribution in [-0.4, -0.2) is 28.2 Å². The molecule has 0 bridgehead atoms. The van der Waals surface area contributed by atoms with E-state index in [4.69, 9.17) is 15.6 Å². The molecule has 2 aromatic rings. The van der Waals surface area contributed by atoms with Crippen molar-refractivity contribution in [2.24, 2.45) is 0 Å². The number of ether oxygens (including phenoxy) is 1. The van der Waals surface area contributed by atoms with Crippen LogP contribution < -0.4 is 10.5 Å². The van der Waals surface area contributed by atoms with E-state index >= 15 is 0 Å². The summed E-state index contributed by atoms with van der Waals surface area (Å²) >= 11 is 0. The number of nitrogens with two attached hydrogens (primary N) is 1. The minimum absolute atomic E-state index is 0.0348. The Labute approximate surface area is 109 Å². The smallest absolute Gasteiger partial charge is 0.341 e. The van der Waals surface area contributed by atoms with Crippen LogP contribution in [0.5, 0.6) is 5.75 Å². The molecule has 6 nitrogen and oxygen atoms in total. The van der Waals surface area contributed by atoms with Crippen LogP contribution in [0, 0.1) is 0 Å². The molecule has 6 heteroatoms. The van der Waals surface area contributed by atoms with Gasteiger partial charge in [0.1, 0.15) is 23.0 Å². The van der Waals surface area contributed by atoms with Gasteiger partial charge in [-0.05, 0) is 6.07 Å². The van der Waals surface area contributed by atoms with Crippen molar-refractivity contribution in [1.82, 2.24) is 9.97 Å². The Bertz CT molecular complexity index is 614. The van der Waals surface area contributed by atoms with E-state index in [0.717, 1.165) is 11.3 Å². The van der Waals surface area contributed by atoms with Crippen LogP contribution >= 0.6 is 0 Å². The first kappa shape index (κ1) is 12.8. The predicted octanol–water partition coefficient (Wildman–Crippen LogP) is 1.36. The Kier molecular flexibility index (Phi) is 3.61. The number of carboxylic acids is 1. The molecule has 0 fully saturated rings. The lowest BCUT2D eigenvalue weighted by Crippen LogP contribution is -2.08. The van der Waals surface area contributed by atoms with Crippen molar-refractivity contribution < 1.29 is 14.6 Å². The highest BCUT2D eigenvalue weighted by molar-refractivity contribution is 5.92. The fraction of sp³-hybridized carbons (Fsp3) is 0.154.